The van der Waals surface area contributed by atoms with E-state index in [0.29, 0.717) is 19.8 Å². The molecule has 3 atom stereocenters. The van der Waals surface area contributed by atoms with Crippen molar-refractivity contribution in [3.05, 3.63) is 35.9 Å². The number of ether oxygens (including phenoxy) is 3. The summed E-state index contributed by atoms with van der Waals surface area (Å²) in [6.45, 7) is 4.09. The van der Waals surface area contributed by atoms with Crippen LogP contribution in [0.5, 0.6) is 0 Å². The summed E-state index contributed by atoms with van der Waals surface area (Å²) in [6.07, 6.45) is 1.23. The molecular weight excluding hydrogens is 216 g/mol. The highest BCUT2D eigenvalue weighted by Crippen LogP contribution is 2.35. The molecule has 2 bridgehead atoms. The SMILES string of the molecule is CC12COC(C1)C(OCc1ccccc1)CO2. The van der Waals surface area contributed by atoms with Crippen LogP contribution in [0.25, 0.3) is 0 Å². The van der Waals surface area contributed by atoms with E-state index in [2.05, 4.69) is 19.1 Å². The molecule has 3 nitrogen and oxygen atoms in total. The Morgan fingerprint density at radius 1 is 1.35 bits per heavy atom. The molecule has 0 saturated carbocycles. The molecule has 92 valence electrons. The van der Waals surface area contributed by atoms with Gasteiger partial charge in [0.05, 0.1) is 31.5 Å². The minimum atomic E-state index is -0.0721. The van der Waals surface area contributed by atoms with Gasteiger partial charge in [-0.2, -0.15) is 0 Å². The normalized spacial score (nSPS) is 36.1. The van der Waals surface area contributed by atoms with Crippen LogP contribution in [0.4, 0.5) is 0 Å². The predicted octanol–water partition coefficient (Wildman–Crippen LogP) is 2.15. The third-order valence-corrected chi connectivity index (χ3v) is 3.55. The van der Waals surface area contributed by atoms with E-state index in [1.54, 1.807) is 0 Å². The van der Waals surface area contributed by atoms with Crippen molar-refractivity contribution in [2.75, 3.05) is 13.2 Å². The second kappa shape index (κ2) is 4.41. The molecular formula is C14H18O3. The number of hydrogen-bond donors (Lipinski definition) is 0. The first kappa shape index (κ1) is 11.2. The lowest BCUT2D eigenvalue weighted by Gasteiger charge is -2.32. The molecule has 3 unspecified atom stereocenters. The van der Waals surface area contributed by atoms with Gasteiger partial charge in [0.15, 0.2) is 0 Å². The Hall–Kier alpha value is -0.900. The van der Waals surface area contributed by atoms with Gasteiger partial charge in [0.25, 0.3) is 0 Å². The Labute approximate surface area is 102 Å². The fourth-order valence-corrected chi connectivity index (χ4v) is 2.49. The predicted molar refractivity (Wildman–Crippen MR) is 63.7 cm³/mol. The van der Waals surface area contributed by atoms with Crippen molar-refractivity contribution in [2.24, 2.45) is 0 Å². The lowest BCUT2D eigenvalue weighted by Crippen LogP contribution is -2.43. The van der Waals surface area contributed by atoms with Crippen LogP contribution < -0.4 is 0 Å². The first-order chi connectivity index (χ1) is 8.25. The van der Waals surface area contributed by atoms with E-state index in [0.717, 1.165) is 6.42 Å². The van der Waals surface area contributed by atoms with Gasteiger partial charge >= 0.3 is 0 Å². The largest absolute Gasteiger partial charge is 0.372 e. The fraction of sp³-hybridized carbons (Fsp3) is 0.571. The zero-order valence-electron chi connectivity index (χ0n) is 10.1. The highest BCUT2D eigenvalue weighted by atomic mass is 16.6. The van der Waals surface area contributed by atoms with Gasteiger partial charge in [-0.3, -0.25) is 0 Å². The van der Waals surface area contributed by atoms with Gasteiger partial charge in [-0.25, -0.2) is 0 Å². The van der Waals surface area contributed by atoms with Crippen molar-refractivity contribution < 1.29 is 14.2 Å². The molecule has 1 aromatic carbocycles. The lowest BCUT2D eigenvalue weighted by molar-refractivity contribution is -0.126. The molecule has 0 aromatic heterocycles. The van der Waals surface area contributed by atoms with Crippen molar-refractivity contribution in [1.82, 2.24) is 0 Å². The van der Waals surface area contributed by atoms with Crippen molar-refractivity contribution in [2.45, 2.75) is 37.8 Å². The maximum atomic E-state index is 5.89. The second-order valence-corrected chi connectivity index (χ2v) is 5.15. The Kier molecular flexibility index (Phi) is 2.90. The van der Waals surface area contributed by atoms with E-state index < -0.39 is 0 Å². The molecule has 0 aliphatic carbocycles. The first-order valence-corrected chi connectivity index (χ1v) is 6.16. The van der Waals surface area contributed by atoms with Crippen LogP contribution in [-0.2, 0) is 20.8 Å². The highest BCUT2D eigenvalue weighted by Gasteiger charge is 2.46. The highest BCUT2D eigenvalue weighted by molar-refractivity contribution is 5.13. The Bertz CT molecular complexity index is 378. The molecule has 17 heavy (non-hydrogen) atoms. The summed E-state index contributed by atoms with van der Waals surface area (Å²) in [6, 6.07) is 10.2. The van der Waals surface area contributed by atoms with Crippen LogP contribution in [0, 0.1) is 0 Å². The Balaban J connectivity index is 1.57. The lowest BCUT2D eigenvalue weighted by atomic mass is 9.97. The van der Waals surface area contributed by atoms with Crippen LogP contribution in [-0.4, -0.2) is 31.0 Å². The molecule has 3 heteroatoms. The minimum Gasteiger partial charge on any atom is -0.372 e. The van der Waals surface area contributed by atoms with Crippen molar-refractivity contribution in [3.63, 3.8) is 0 Å². The summed E-state index contributed by atoms with van der Waals surface area (Å²) in [5, 5.41) is 0. The average Bonchev–Trinajstić information content (AvgIpc) is 2.67. The van der Waals surface area contributed by atoms with Gasteiger partial charge in [-0.15, -0.1) is 0 Å². The third-order valence-electron chi connectivity index (χ3n) is 3.55. The summed E-state index contributed by atoms with van der Waals surface area (Å²) in [4.78, 5) is 0. The molecule has 2 fully saturated rings. The van der Waals surface area contributed by atoms with E-state index in [1.165, 1.54) is 5.56 Å². The zero-order chi connectivity index (χ0) is 11.7. The monoisotopic (exact) mass is 234 g/mol. The summed E-state index contributed by atoms with van der Waals surface area (Å²) in [7, 11) is 0. The summed E-state index contributed by atoms with van der Waals surface area (Å²) in [5.41, 5.74) is 1.12. The first-order valence-electron chi connectivity index (χ1n) is 6.16. The Morgan fingerprint density at radius 2 is 2.18 bits per heavy atom. The van der Waals surface area contributed by atoms with E-state index in [4.69, 9.17) is 14.2 Å². The molecule has 0 amide bonds. The second-order valence-electron chi connectivity index (χ2n) is 5.15. The van der Waals surface area contributed by atoms with Gasteiger partial charge in [0.1, 0.15) is 6.10 Å². The van der Waals surface area contributed by atoms with Crippen LogP contribution in [0.3, 0.4) is 0 Å². The van der Waals surface area contributed by atoms with E-state index in [9.17, 15) is 0 Å². The molecule has 1 aromatic rings. The molecule has 2 aliphatic rings. The van der Waals surface area contributed by atoms with Crippen molar-refractivity contribution >= 4 is 0 Å². The van der Waals surface area contributed by atoms with Crippen LogP contribution >= 0.6 is 0 Å². The van der Waals surface area contributed by atoms with Gasteiger partial charge in [0, 0.05) is 6.42 Å². The summed E-state index contributed by atoms with van der Waals surface area (Å²) < 4.78 is 17.4. The molecule has 2 aliphatic heterocycles. The minimum absolute atomic E-state index is 0.0721. The molecule has 3 rings (SSSR count). The smallest absolute Gasteiger partial charge is 0.107 e. The number of rotatable bonds is 3. The third kappa shape index (κ3) is 2.37. The topological polar surface area (TPSA) is 27.7 Å². The van der Waals surface area contributed by atoms with Gasteiger partial charge in [-0.1, -0.05) is 30.3 Å². The quantitative estimate of drug-likeness (QED) is 0.802. The number of benzene rings is 1. The molecule has 2 heterocycles. The fourth-order valence-electron chi connectivity index (χ4n) is 2.49. The van der Waals surface area contributed by atoms with E-state index in [1.807, 2.05) is 18.2 Å². The zero-order valence-corrected chi connectivity index (χ0v) is 10.1. The van der Waals surface area contributed by atoms with Crippen LogP contribution in [0.2, 0.25) is 0 Å². The summed E-state index contributed by atoms with van der Waals surface area (Å²) >= 11 is 0. The average molecular weight is 234 g/mol. The van der Waals surface area contributed by atoms with Crippen molar-refractivity contribution in [3.8, 4) is 0 Å². The van der Waals surface area contributed by atoms with Crippen molar-refractivity contribution in [1.29, 1.82) is 0 Å². The van der Waals surface area contributed by atoms with Gasteiger partial charge < -0.3 is 14.2 Å². The maximum Gasteiger partial charge on any atom is 0.107 e. The molecule has 0 spiro atoms. The Morgan fingerprint density at radius 3 is 3.00 bits per heavy atom. The molecule has 2 saturated heterocycles. The number of fused-ring (bicyclic) bond motifs is 2. The number of hydrogen-bond acceptors (Lipinski definition) is 3. The van der Waals surface area contributed by atoms with Gasteiger partial charge in [-0.05, 0) is 12.5 Å². The summed E-state index contributed by atoms with van der Waals surface area (Å²) in [5.74, 6) is 0. The van der Waals surface area contributed by atoms with Gasteiger partial charge in [0.2, 0.25) is 0 Å². The standard InChI is InChI=1S/C14H18O3/c1-14-7-12(16-10-14)13(9-17-14)15-8-11-5-3-2-4-6-11/h2-6,12-13H,7-10H2,1H3. The van der Waals surface area contributed by atoms with Crippen LogP contribution in [0.15, 0.2) is 30.3 Å². The van der Waals surface area contributed by atoms with Crippen LogP contribution in [0.1, 0.15) is 18.9 Å². The molecule has 0 N–H and O–H groups in total. The van der Waals surface area contributed by atoms with E-state index >= 15 is 0 Å². The molecule has 0 radical (unpaired) electrons. The maximum absolute atomic E-state index is 5.89. The van der Waals surface area contributed by atoms with E-state index in [-0.39, 0.29) is 17.8 Å².